The Hall–Kier alpha value is -0.830. The zero-order chi connectivity index (χ0) is 10.6. The molecule has 1 aliphatic carbocycles. The average molecular weight is 268 g/mol. The van der Waals surface area contributed by atoms with Crippen molar-refractivity contribution < 1.29 is 4.39 Å². The van der Waals surface area contributed by atoms with Crippen LogP contribution in [0.2, 0.25) is 0 Å². The lowest BCUT2D eigenvalue weighted by Crippen LogP contribution is -1.89. The Labute approximate surface area is 96.0 Å². The lowest BCUT2D eigenvalue weighted by atomic mass is 10.1. The van der Waals surface area contributed by atoms with Crippen LogP contribution in [0.25, 0.3) is 10.9 Å². The molecule has 1 aromatic carbocycles. The molecule has 78 valence electrons. The van der Waals surface area contributed by atoms with Crippen LogP contribution in [0, 0.1) is 5.82 Å². The lowest BCUT2D eigenvalue weighted by Gasteiger charge is -1.97. The molecule has 3 heteroatoms. The van der Waals surface area contributed by atoms with Gasteiger partial charge in [-0.05, 0) is 46.3 Å². The molecule has 0 radical (unpaired) electrons. The summed E-state index contributed by atoms with van der Waals surface area (Å²) in [5, 5.41) is 1.06. The molecule has 0 N–H and O–H groups in total. The number of hydrogen-bond acceptors (Lipinski definition) is 0. The predicted octanol–water partition coefficient (Wildman–Crippen LogP) is 3.96. The third-order valence-corrected chi connectivity index (χ3v) is 4.07. The van der Waals surface area contributed by atoms with Crippen LogP contribution < -0.4 is 0 Å². The standard InChI is InChI=1S/C12H11BrFN/c1-15-11-8(3-2-4-9(11)14)10(12(15)13)7-5-6-7/h2-4,7H,5-6H2,1H3. The first kappa shape index (κ1) is 9.40. The molecule has 0 unspecified atom stereocenters. The summed E-state index contributed by atoms with van der Waals surface area (Å²) in [4.78, 5) is 0. The van der Waals surface area contributed by atoms with Crippen LogP contribution in [0.4, 0.5) is 4.39 Å². The van der Waals surface area contributed by atoms with E-state index in [4.69, 9.17) is 0 Å². The zero-order valence-electron chi connectivity index (χ0n) is 8.43. The van der Waals surface area contributed by atoms with Crippen molar-refractivity contribution in [1.82, 2.24) is 4.57 Å². The third kappa shape index (κ3) is 1.26. The van der Waals surface area contributed by atoms with Gasteiger partial charge < -0.3 is 4.57 Å². The molecule has 0 saturated heterocycles. The van der Waals surface area contributed by atoms with Crippen molar-refractivity contribution in [1.29, 1.82) is 0 Å². The Morgan fingerprint density at radius 3 is 2.80 bits per heavy atom. The van der Waals surface area contributed by atoms with Crippen molar-refractivity contribution in [2.45, 2.75) is 18.8 Å². The number of nitrogens with zero attached hydrogens (tertiary/aromatic N) is 1. The van der Waals surface area contributed by atoms with E-state index in [2.05, 4.69) is 15.9 Å². The van der Waals surface area contributed by atoms with Crippen molar-refractivity contribution in [3.63, 3.8) is 0 Å². The third-order valence-electron chi connectivity index (χ3n) is 3.11. The smallest absolute Gasteiger partial charge is 0.147 e. The second kappa shape index (κ2) is 3.08. The highest BCUT2D eigenvalue weighted by Crippen LogP contribution is 2.47. The summed E-state index contributed by atoms with van der Waals surface area (Å²) in [6, 6.07) is 5.32. The number of benzene rings is 1. The highest BCUT2D eigenvalue weighted by molar-refractivity contribution is 9.10. The van der Waals surface area contributed by atoms with E-state index in [-0.39, 0.29) is 5.82 Å². The fraction of sp³-hybridized carbons (Fsp3) is 0.333. The Morgan fingerprint density at radius 2 is 2.13 bits per heavy atom. The lowest BCUT2D eigenvalue weighted by molar-refractivity contribution is 0.631. The van der Waals surface area contributed by atoms with Gasteiger partial charge in [0.1, 0.15) is 5.82 Å². The second-order valence-corrected chi connectivity index (χ2v) is 4.92. The summed E-state index contributed by atoms with van der Waals surface area (Å²) in [7, 11) is 1.90. The molecule has 2 aromatic rings. The maximum atomic E-state index is 13.7. The minimum Gasteiger partial charge on any atom is -0.336 e. The number of halogens is 2. The first-order valence-electron chi connectivity index (χ1n) is 5.12. The van der Waals surface area contributed by atoms with Crippen LogP contribution in [0.5, 0.6) is 0 Å². The molecule has 0 bridgehead atoms. The predicted molar refractivity (Wildman–Crippen MR) is 62.6 cm³/mol. The van der Waals surface area contributed by atoms with E-state index in [0.717, 1.165) is 9.99 Å². The minimum absolute atomic E-state index is 0.136. The first-order valence-corrected chi connectivity index (χ1v) is 5.91. The number of aromatic nitrogens is 1. The summed E-state index contributed by atoms with van der Waals surface area (Å²) >= 11 is 3.56. The van der Waals surface area contributed by atoms with Gasteiger partial charge in [-0.15, -0.1) is 0 Å². The van der Waals surface area contributed by atoms with Crippen molar-refractivity contribution in [2.75, 3.05) is 0 Å². The molecule has 15 heavy (non-hydrogen) atoms. The van der Waals surface area contributed by atoms with E-state index in [9.17, 15) is 4.39 Å². The molecular weight excluding hydrogens is 257 g/mol. The molecule has 0 atom stereocenters. The van der Waals surface area contributed by atoms with Crippen LogP contribution >= 0.6 is 15.9 Å². The number of rotatable bonds is 1. The van der Waals surface area contributed by atoms with Gasteiger partial charge in [0.15, 0.2) is 0 Å². The number of fused-ring (bicyclic) bond motifs is 1. The van der Waals surface area contributed by atoms with Gasteiger partial charge in [-0.1, -0.05) is 12.1 Å². The molecule has 1 nitrogen and oxygen atoms in total. The Morgan fingerprint density at radius 1 is 1.40 bits per heavy atom. The number of hydrogen-bond donors (Lipinski definition) is 0. The van der Waals surface area contributed by atoms with E-state index < -0.39 is 0 Å². The maximum absolute atomic E-state index is 13.7. The van der Waals surface area contributed by atoms with Crippen LogP contribution in [-0.4, -0.2) is 4.57 Å². The quantitative estimate of drug-likeness (QED) is 0.737. The van der Waals surface area contributed by atoms with Gasteiger partial charge >= 0.3 is 0 Å². The van der Waals surface area contributed by atoms with Crippen LogP contribution in [0.15, 0.2) is 22.8 Å². The highest BCUT2D eigenvalue weighted by Gasteiger charge is 2.30. The molecule has 0 amide bonds. The SMILES string of the molecule is Cn1c(Br)c(C2CC2)c2cccc(F)c21. The van der Waals surface area contributed by atoms with E-state index >= 15 is 0 Å². The molecule has 0 aliphatic heterocycles. The second-order valence-electron chi connectivity index (χ2n) is 4.17. The average Bonchev–Trinajstić information content (AvgIpc) is 2.98. The first-order chi connectivity index (χ1) is 7.20. The Kier molecular flexibility index (Phi) is 1.93. The zero-order valence-corrected chi connectivity index (χ0v) is 10.0. The molecular formula is C12H11BrFN. The van der Waals surface area contributed by atoms with Crippen LogP contribution in [0.1, 0.15) is 24.3 Å². The van der Waals surface area contributed by atoms with E-state index in [1.807, 2.05) is 17.7 Å². The minimum atomic E-state index is -0.136. The maximum Gasteiger partial charge on any atom is 0.147 e. The van der Waals surface area contributed by atoms with Gasteiger partial charge in [0, 0.05) is 12.4 Å². The van der Waals surface area contributed by atoms with E-state index in [1.54, 1.807) is 6.07 Å². The molecule has 1 aliphatic rings. The normalized spacial score (nSPS) is 16.2. The van der Waals surface area contributed by atoms with Gasteiger partial charge in [-0.2, -0.15) is 0 Å². The fourth-order valence-electron chi connectivity index (χ4n) is 2.22. The summed E-state index contributed by atoms with van der Waals surface area (Å²) in [5.41, 5.74) is 2.00. The van der Waals surface area contributed by atoms with Gasteiger partial charge in [0.2, 0.25) is 0 Å². The summed E-state index contributed by atoms with van der Waals surface area (Å²) in [6.45, 7) is 0. The van der Waals surface area contributed by atoms with Crippen molar-refractivity contribution >= 4 is 26.8 Å². The topological polar surface area (TPSA) is 4.93 Å². The molecule has 1 fully saturated rings. The van der Waals surface area contributed by atoms with Gasteiger partial charge in [-0.25, -0.2) is 4.39 Å². The van der Waals surface area contributed by atoms with Gasteiger partial charge in [-0.3, -0.25) is 0 Å². The van der Waals surface area contributed by atoms with Gasteiger partial charge in [0.25, 0.3) is 0 Å². The monoisotopic (exact) mass is 267 g/mol. The van der Waals surface area contributed by atoms with Crippen LogP contribution in [0.3, 0.4) is 0 Å². The van der Waals surface area contributed by atoms with E-state index in [1.165, 1.54) is 24.5 Å². The van der Waals surface area contributed by atoms with Crippen LogP contribution in [-0.2, 0) is 7.05 Å². The summed E-state index contributed by atoms with van der Waals surface area (Å²) in [6.07, 6.45) is 2.46. The van der Waals surface area contributed by atoms with Crippen molar-refractivity contribution in [3.8, 4) is 0 Å². The molecule has 1 aromatic heterocycles. The number of para-hydroxylation sites is 1. The molecule has 0 spiro atoms. The van der Waals surface area contributed by atoms with Gasteiger partial charge in [0.05, 0.1) is 10.1 Å². The number of aryl methyl sites for hydroxylation is 1. The van der Waals surface area contributed by atoms with Crippen molar-refractivity contribution in [2.24, 2.45) is 7.05 Å². The highest BCUT2D eigenvalue weighted by atomic mass is 79.9. The largest absolute Gasteiger partial charge is 0.336 e. The van der Waals surface area contributed by atoms with E-state index in [0.29, 0.717) is 11.4 Å². The molecule has 3 rings (SSSR count). The Balaban J connectivity index is 2.44. The molecule has 1 heterocycles. The summed E-state index contributed by atoms with van der Waals surface area (Å²) in [5.74, 6) is 0.493. The molecule has 1 saturated carbocycles. The fourth-order valence-corrected chi connectivity index (χ4v) is 2.94. The Bertz CT molecular complexity index is 540. The summed E-state index contributed by atoms with van der Waals surface area (Å²) < 4.78 is 16.6. The van der Waals surface area contributed by atoms with Crippen molar-refractivity contribution in [3.05, 3.63) is 34.2 Å².